The third-order valence-corrected chi connectivity index (χ3v) is 3.85. The summed E-state index contributed by atoms with van der Waals surface area (Å²) in [6, 6.07) is 6.58. The van der Waals surface area contributed by atoms with Crippen molar-refractivity contribution < 1.29 is 4.39 Å². The van der Waals surface area contributed by atoms with Crippen LogP contribution in [0.2, 0.25) is 0 Å². The van der Waals surface area contributed by atoms with Crippen LogP contribution < -0.4 is 11.3 Å². The molecular formula is C13H17FN4S. The molecule has 2 aromatic rings. The maximum absolute atomic E-state index is 13.7. The summed E-state index contributed by atoms with van der Waals surface area (Å²) >= 11 is 1.32. The van der Waals surface area contributed by atoms with Crippen molar-refractivity contribution in [3.8, 4) is 0 Å². The van der Waals surface area contributed by atoms with Crippen LogP contribution >= 0.6 is 11.5 Å². The first-order chi connectivity index (χ1) is 9.26. The van der Waals surface area contributed by atoms with E-state index in [9.17, 15) is 4.39 Å². The first-order valence-electron chi connectivity index (χ1n) is 6.27. The number of nitrogens with two attached hydrogens (primary N) is 1. The van der Waals surface area contributed by atoms with Crippen molar-refractivity contribution in [3.05, 3.63) is 46.2 Å². The molecule has 0 aliphatic carbocycles. The van der Waals surface area contributed by atoms with Crippen LogP contribution in [0, 0.1) is 5.82 Å². The maximum atomic E-state index is 13.7. The van der Waals surface area contributed by atoms with E-state index >= 15 is 0 Å². The van der Waals surface area contributed by atoms with E-state index in [0.29, 0.717) is 12.0 Å². The summed E-state index contributed by atoms with van der Waals surface area (Å²) in [5.74, 6) is 5.39. The fraction of sp³-hybridized carbons (Fsp3) is 0.385. The molecule has 0 spiro atoms. The zero-order chi connectivity index (χ0) is 13.7. The van der Waals surface area contributed by atoms with E-state index in [1.54, 1.807) is 12.1 Å². The van der Waals surface area contributed by atoms with Gasteiger partial charge >= 0.3 is 0 Å². The maximum Gasteiger partial charge on any atom is 0.126 e. The van der Waals surface area contributed by atoms with Crippen LogP contribution in [0.4, 0.5) is 4.39 Å². The van der Waals surface area contributed by atoms with E-state index in [1.807, 2.05) is 6.07 Å². The van der Waals surface area contributed by atoms with Crippen molar-refractivity contribution in [2.45, 2.75) is 32.2 Å². The van der Waals surface area contributed by atoms with Crippen molar-refractivity contribution >= 4 is 11.5 Å². The molecule has 2 rings (SSSR count). The van der Waals surface area contributed by atoms with Gasteiger partial charge in [0.1, 0.15) is 5.82 Å². The number of nitrogens with one attached hydrogen (secondary N) is 1. The van der Waals surface area contributed by atoms with Gasteiger partial charge in [-0.15, -0.1) is 5.10 Å². The summed E-state index contributed by atoms with van der Waals surface area (Å²) in [7, 11) is 0. The lowest BCUT2D eigenvalue weighted by Crippen LogP contribution is -2.30. The molecule has 1 atom stereocenters. The van der Waals surface area contributed by atoms with Crippen molar-refractivity contribution in [2.75, 3.05) is 0 Å². The van der Waals surface area contributed by atoms with Gasteiger partial charge in [-0.3, -0.25) is 11.3 Å². The number of aryl methyl sites for hydroxylation is 1. The number of aromatic nitrogens is 2. The Balaban J connectivity index is 2.20. The molecule has 0 amide bonds. The third kappa shape index (κ3) is 3.34. The van der Waals surface area contributed by atoms with Gasteiger partial charge in [0.25, 0.3) is 0 Å². The quantitative estimate of drug-likeness (QED) is 0.630. The fourth-order valence-electron chi connectivity index (χ4n) is 2.00. The van der Waals surface area contributed by atoms with Crippen LogP contribution in [0.25, 0.3) is 0 Å². The second kappa shape index (κ2) is 6.70. The number of hydrogen-bond acceptors (Lipinski definition) is 5. The smallest absolute Gasteiger partial charge is 0.126 e. The summed E-state index contributed by atoms with van der Waals surface area (Å²) in [6.07, 6.45) is 2.35. The molecular weight excluding hydrogens is 263 g/mol. The Labute approximate surface area is 116 Å². The van der Waals surface area contributed by atoms with Gasteiger partial charge in [0, 0.05) is 0 Å². The molecule has 6 heteroatoms. The average Bonchev–Trinajstić information content (AvgIpc) is 2.86. The van der Waals surface area contributed by atoms with E-state index < -0.39 is 0 Å². The van der Waals surface area contributed by atoms with Gasteiger partial charge < -0.3 is 0 Å². The lowest BCUT2D eigenvalue weighted by Gasteiger charge is -2.15. The highest BCUT2D eigenvalue weighted by molar-refractivity contribution is 7.05. The van der Waals surface area contributed by atoms with Crippen LogP contribution in [0.15, 0.2) is 24.3 Å². The number of nitrogens with zero attached hydrogens (tertiary/aromatic N) is 2. The minimum atomic E-state index is -0.211. The molecule has 0 aliphatic heterocycles. The summed E-state index contributed by atoms with van der Waals surface area (Å²) in [5.41, 5.74) is 4.33. The monoisotopic (exact) mass is 280 g/mol. The molecule has 0 saturated carbocycles. The van der Waals surface area contributed by atoms with E-state index in [1.165, 1.54) is 17.6 Å². The predicted octanol–water partition coefficient (Wildman–Crippen LogP) is 2.38. The first-order valence-corrected chi connectivity index (χ1v) is 7.04. The van der Waals surface area contributed by atoms with Crippen molar-refractivity contribution in [1.29, 1.82) is 0 Å². The molecule has 0 bridgehead atoms. The highest BCUT2D eigenvalue weighted by atomic mass is 32.1. The second-order valence-corrected chi connectivity index (χ2v) is 5.13. The first kappa shape index (κ1) is 14.0. The van der Waals surface area contributed by atoms with Crippen LogP contribution in [0.5, 0.6) is 0 Å². The Morgan fingerprint density at radius 3 is 2.89 bits per heavy atom. The van der Waals surface area contributed by atoms with Crippen molar-refractivity contribution in [3.63, 3.8) is 0 Å². The van der Waals surface area contributed by atoms with Crippen LogP contribution in [-0.2, 0) is 12.8 Å². The van der Waals surface area contributed by atoms with Crippen molar-refractivity contribution in [2.24, 2.45) is 5.84 Å². The predicted molar refractivity (Wildman–Crippen MR) is 74.1 cm³/mol. The Morgan fingerprint density at radius 2 is 2.21 bits per heavy atom. The topological polar surface area (TPSA) is 63.8 Å². The molecule has 3 N–H and O–H groups in total. The Kier molecular flexibility index (Phi) is 4.95. The summed E-state index contributed by atoms with van der Waals surface area (Å²) in [6.45, 7) is 2.09. The highest BCUT2D eigenvalue weighted by Crippen LogP contribution is 2.25. The van der Waals surface area contributed by atoms with Gasteiger partial charge in [-0.05, 0) is 36.0 Å². The standard InChI is InChI=1S/C13H17FN4S/c1-2-5-11-13(19-18-17-11)12(16-15)8-9-6-3-4-7-10(9)14/h3-4,6-7,12,16H,2,5,8,15H2,1H3. The van der Waals surface area contributed by atoms with E-state index in [2.05, 4.69) is 21.9 Å². The number of rotatable bonds is 6. The minimum absolute atomic E-state index is 0.154. The van der Waals surface area contributed by atoms with Gasteiger partial charge in [-0.25, -0.2) is 4.39 Å². The van der Waals surface area contributed by atoms with Gasteiger partial charge in [0.2, 0.25) is 0 Å². The number of hydrogen-bond donors (Lipinski definition) is 2. The molecule has 1 heterocycles. The molecule has 0 radical (unpaired) electrons. The van der Waals surface area contributed by atoms with E-state index in [0.717, 1.165) is 23.4 Å². The number of hydrazine groups is 1. The SMILES string of the molecule is CCCc1nnsc1C(Cc1ccccc1F)NN. The number of halogens is 1. The van der Waals surface area contributed by atoms with Gasteiger partial charge in [-0.2, -0.15) is 0 Å². The zero-order valence-electron chi connectivity index (χ0n) is 10.8. The molecule has 0 saturated heterocycles. The molecule has 4 nitrogen and oxygen atoms in total. The summed E-state index contributed by atoms with van der Waals surface area (Å²) < 4.78 is 17.7. The summed E-state index contributed by atoms with van der Waals surface area (Å²) in [4.78, 5) is 0.993. The third-order valence-electron chi connectivity index (χ3n) is 2.97. The van der Waals surface area contributed by atoms with Gasteiger partial charge in [0.05, 0.1) is 16.6 Å². The van der Waals surface area contributed by atoms with E-state index in [4.69, 9.17) is 5.84 Å². The van der Waals surface area contributed by atoms with Crippen LogP contribution in [-0.4, -0.2) is 9.59 Å². The zero-order valence-corrected chi connectivity index (χ0v) is 11.6. The molecule has 1 aromatic heterocycles. The lowest BCUT2D eigenvalue weighted by molar-refractivity contribution is 0.531. The Hall–Kier alpha value is -1.37. The Morgan fingerprint density at radius 1 is 1.42 bits per heavy atom. The van der Waals surface area contributed by atoms with Crippen LogP contribution in [0.3, 0.4) is 0 Å². The molecule has 1 unspecified atom stereocenters. The highest BCUT2D eigenvalue weighted by Gasteiger charge is 2.19. The van der Waals surface area contributed by atoms with Crippen LogP contribution in [0.1, 0.15) is 35.5 Å². The average molecular weight is 280 g/mol. The molecule has 19 heavy (non-hydrogen) atoms. The van der Waals surface area contributed by atoms with Crippen molar-refractivity contribution in [1.82, 2.24) is 15.0 Å². The lowest BCUT2D eigenvalue weighted by atomic mass is 10.0. The molecule has 102 valence electrons. The molecule has 1 aromatic carbocycles. The summed E-state index contributed by atoms with van der Waals surface area (Å²) in [5, 5.41) is 4.12. The number of benzene rings is 1. The fourth-order valence-corrected chi connectivity index (χ4v) is 2.76. The molecule has 0 fully saturated rings. The minimum Gasteiger partial charge on any atom is -0.271 e. The van der Waals surface area contributed by atoms with E-state index in [-0.39, 0.29) is 11.9 Å². The second-order valence-electron chi connectivity index (χ2n) is 4.35. The molecule has 0 aliphatic rings. The van der Waals surface area contributed by atoms with Gasteiger partial charge in [0.15, 0.2) is 0 Å². The normalized spacial score (nSPS) is 12.6. The Bertz CT molecular complexity index is 529. The van der Waals surface area contributed by atoms with Gasteiger partial charge in [-0.1, -0.05) is 36.0 Å². The largest absolute Gasteiger partial charge is 0.271 e.